The van der Waals surface area contributed by atoms with Gasteiger partial charge in [0.1, 0.15) is 0 Å². The molecule has 0 spiro atoms. The predicted octanol–water partition coefficient (Wildman–Crippen LogP) is 3.54. The molecule has 1 aliphatic carbocycles. The molecule has 0 bridgehead atoms. The molecule has 1 nitrogen and oxygen atoms in total. The normalized spacial score (nSPS) is 15.9. The highest BCUT2D eigenvalue weighted by atomic mass is 35.5. The van der Waals surface area contributed by atoms with Crippen molar-refractivity contribution in [2.45, 2.75) is 25.4 Å². The van der Waals surface area contributed by atoms with Crippen molar-refractivity contribution in [1.29, 1.82) is 0 Å². The standard InChI is InChI=1S/C12H15Cl2N/c13-6-7-15(12-4-5-12)9-10-2-1-3-11(14)8-10/h1-3,8,12H,4-7,9H2. The minimum absolute atomic E-state index is 0.705. The predicted molar refractivity (Wildman–Crippen MR) is 65.6 cm³/mol. The maximum absolute atomic E-state index is 5.96. The Balaban J connectivity index is 1.98. The van der Waals surface area contributed by atoms with Crippen LogP contribution in [0.5, 0.6) is 0 Å². The van der Waals surface area contributed by atoms with E-state index in [4.69, 9.17) is 23.2 Å². The molecule has 1 saturated carbocycles. The fourth-order valence-corrected chi connectivity index (χ4v) is 2.24. The Kier molecular flexibility index (Phi) is 3.90. The number of alkyl halides is 1. The van der Waals surface area contributed by atoms with Crippen LogP contribution in [0.2, 0.25) is 5.02 Å². The smallest absolute Gasteiger partial charge is 0.0409 e. The second-order valence-corrected chi connectivity index (χ2v) is 4.83. The number of hydrogen-bond donors (Lipinski definition) is 0. The van der Waals surface area contributed by atoms with E-state index in [1.54, 1.807) is 0 Å². The van der Waals surface area contributed by atoms with Gasteiger partial charge in [-0.2, -0.15) is 0 Å². The molecule has 3 heteroatoms. The maximum Gasteiger partial charge on any atom is 0.0409 e. The minimum Gasteiger partial charge on any atom is -0.295 e. The van der Waals surface area contributed by atoms with Crippen LogP contribution in [0, 0.1) is 0 Å². The van der Waals surface area contributed by atoms with Crippen LogP contribution in [0.3, 0.4) is 0 Å². The molecule has 0 saturated heterocycles. The molecule has 1 aromatic rings. The molecule has 0 radical (unpaired) electrons. The molecule has 0 aliphatic heterocycles. The first-order valence-corrected chi connectivity index (χ1v) is 6.25. The number of halogens is 2. The number of nitrogens with zero attached hydrogens (tertiary/aromatic N) is 1. The van der Waals surface area contributed by atoms with Gasteiger partial charge in [-0.15, -0.1) is 11.6 Å². The number of rotatable bonds is 5. The molecule has 0 amide bonds. The van der Waals surface area contributed by atoms with Crippen molar-refractivity contribution in [3.05, 3.63) is 34.9 Å². The van der Waals surface area contributed by atoms with Crippen LogP contribution in [0.25, 0.3) is 0 Å². The zero-order valence-electron chi connectivity index (χ0n) is 8.63. The first kappa shape index (κ1) is 11.3. The van der Waals surface area contributed by atoms with Gasteiger partial charge in [0.15, 0.2) is 0 Å². The van der Waals surface area contributed by atoms with E-state index < -0.39 is 0 Å². The van der Waals surface area contributed by atoms with Gasteiger partial charge < -0.3 is 0 Å². The Bertz CT molecular complexity index is 323. The van der Waals surface area contributed by atoms with Crippen LogP contribution in [-0.2, 0) is 6.54 Å². The van der Waals surface area contributed by atoms with Gasteiger partial charge in [-0.05, 0) is 30.5 Å². The molecule has 2 rings (SSSR count). The summed E-state index contributed by atoms with van der Waals surface area (Å²) in [5.41, 5.74) is 1.28. The summed E-state index contributed by atoms with van der Waals surface area (Å²) in [7, 11) is 0. The van der Waals surface area contributed by atoms with Crippen LogP contribution < -0.4 is 0 Å². The van der Waals surface area contributed by atoms with Crippen molar-refractivity contribution in [2.75, 3.05) is 12.4 Å². The Morgan fingerprint density at radius 1 is 1.33 bits per heavy atom. The Morgan fingerprint density at radius 2 is 2.13 bits per heavy atom. The molecule has 0 heterocycles. The van der Waals surface area contributed by atoms with Gasteiger partial charge in [-0.3, -0.25) is 4.90 Å². The fourth-order valence-electron chi connectivity index (χ4n) is 1.81. The summed E-state index contributed by atoms with van der Waals surface area (Å²) in [5.74, 6) is 0.705. The zero-order valence-corrected chi connectivity index (χ0v) is 10.1. The third-order valence-corrected chi connectivity index (χ3v) is 3.11. The van der Waals surface area contributed by atoms with Gasteiger partial charge in [0.25, 0.3) is 0 Å². The monoisotopic (exact) mass is 243 g/mol. The first-order valence-electron chi connectivity index (χ1n) is 5.34. The van der Waals surface area contributed by atoms with Crippen molar-refractivity contribution in [3.63, 3.8) is 0 Å². The van der Waals surface area contributed by atoms with Gasteiger partial charge in [0.05, 0.1) is 0 Å². The average molecular weight is 244 g/mol. The summed E-state index contributed by atoms with van der Waals surface area (Å²) in [4.78, 5) is 2.44. The molecular weight excluding hydrogens is 229 g/mol. The largest absolute Gasteiger partial charge is 0.295 e. The lowest BCUT2D eigenvalue weighted by molar-refractivity contribution is 0.271. The summed E-state index contributed by atoms with van der Waals surface area (Å²) in [5, 5.41) is 0.814. The Hall–Kier alpha value is -0.240. The molecule has 1 aromatic carbocycles. The molecule has 15 heavy (non-hydrogen) atoms. The van der Waals surface area contributed by atoms with Crippen LogP contribution >= 0.6 is 23.2 Å². The SMILES string of the molecule is ClCCN(Cc1cccc(Cl)c1)C1CC1. The van der Waals surface area contributed by atoms with E-state index in [-0.39, 0.29) is 0 Å². The van der Waals surface area contributed by atoms with Crippen LogP contribution in [0.4, 0.5) is 0 Å². The van der Waals surface area contributed by atoms with Gasteiger partial charge >= 0.3 is 0 Å². The minimum atomic E-state index is 0.705. The van der Waals surface area contributed by atoms with Gasteiger partial charge in [0.2, 0.25) is 0 Å². The van der Waals surface area contributed by atoms with Crippen molar-refractivity contribution < 1.29 is 0 Å². The summed E-state index contributed by atoms with van der Waals surface area (Å²) in [6.07, 6.45) is 2.63. The van der Waals surface area contributed by atoms with Crippen molar-refractivity contribution in [1.82, 2.24) is 4.90 Å². The van der Waals surface area contributed by atoms with Crippen LogP contribution in [-0.4, -0.2) is 23.4 Å². The van der Waals surface area contributed by atoms with E-state index >= 15 is 0 Å². The molecular formula is C12H15Cl2N. The van der Waals surface area contributed by atoms with Gasteiger partial charge in [-0.1, -0.05) is 23.7 Å². The highest BCUT2D eigenvalue weighted by molar-refractivity contribution is 6.30. The van der Waals surface area contributed by atoms with E-state index in [0.29, 0.717) is 5.88 Å². The van der Waals surface area contributed by atoms with E-state index in [9.17, 15) is 0 Å². The lowest BCUT2D eigenvalue weighted by Crippen LogP contribution is -2.27. The topological polar surface area (TPSA) is 3.24 Å². The molecule has 0 aromatic heterocycles. The third-order valence-electron chi connectivity index (χ3n) is 2.71. The van der Waals surface area contributed by atoms with Crippen LogP contribution in [0.1, 0.15) is 18.4 Å². The number of benzene rings is 1. The van der Waals surface area contributed by atoms with Gasteiger partial charge in [-0.25, -0.2) is 0 Å². The summed E-state index contributed by atoms with van der Waals surface area (Å²) in [6, 6.07) is 8.82. The summed E-state index contributed by atoms with van der Waals surface area (Å²) < 4.78 is 0. The Morgan fingerprint density at radius 3 is 2.73 bits per heavy atom. The highest BCUT2D eigenvalue weighted by Crippen LogP contribution is 2.28. The van der Waals surface area contributed by atoms with Crippen LogP contribution in [0.15, 0.2) is 24.3 Å². The maximum atomic E-state index is 5.96. The summed E-state index contributed by atoms with van der Waals surface area (Å²) in [6.45, 7) is 1.94. The van der Waals surface area contributed by atoms with E-state index in [1.807, 2.05) is 18.2 Å². The van der Waals surface area contributed by atoms with E-state index in [0.717, 1.165) is 24.2 Å². The third kappa shape index (κ3) is 3.37. The van der Waals surface area contributed by atoms with Crippen molar-refractivity contribution >= 4 is 23.2 Å². The molecule has 0 unspecified atom stereocenters. The quantitative estimate of drug-likeness (QED) is 0.716. The molecule has 1 aliphatic rings. The van der Waals surface area contributed by atoms with E-state index in [1.165, 1.54) is 18.4 Å². The molecule has 1 fully saturated rings. The molecule has 0 atom stereocenters. The van der Waals surface area contributed by atoms with Crippen molar-refractivity contribution in [2.24, 2.45) is 0 Å². The molecule has 0 N–H and O–H groups in total. The second kappa shape index (κ2) is 5.20. The van der Waals surface area contributed by atoms with Gasteiger partial charge in [0, 0.05) is 30.0 Å². The van der Waals surface area contributed by atoms with Crippen molar-refractivity contribution in [3.8, 4) is 0 Å². The highest BCUT2D eigenvalue weighted by Gasteiger charge is 2.28. The summed E-state index contributed by atoms with van der Waals surface area (Å²) >= 11 is 11.8. The zero-order chi connectivity index (χ0) is 10.7. The lowest BCUT2D eigenvalue weighted by atomic mass is 10.2. The van der Waals surface area contributed by atoms with E-state index in [2.05, 4.69) is 11.0 Å². The first-order chi connectivity index (χ1) is 7.29. The number of hydrogen-bond acceptors (Lipinski definition) is 1. The lowest BCUT2D eigenvalue weighted by Gasteiger charge is -2.20. The molecule has 82 valence electrons. The second-order valence-electron chi connectivity index (χ2n) is 4.02. The Labute approximate surface area is 101 Å². The average Bonchev–Trinajstić information content (AvgIpc) is 3.00. The fraction of sp³-hybridized carbons (Fsp3) is 0.500.